The molecule has 2 amide bonds. The van der Waals surface area contributed by atoms with Gasteiger partial charge in [-0.1, -0.05) is 37.6 Å². The van der Waals surface area contributed by atoms with Gasteiger partial charge in [-0.2, -0.15) is 0 Å². The minimum Gasteiger partial charge on any atom is -0.484 e. The van der Waals surface area contributed by atoms with Gasteiger partial charge in [0.1, 0.15) is 17.3 Å². The molecule has 4 aromatic carbocycles. The lowest BCUT2D eigenvalue weighted by molar-refractivity contribution is -0.145. The molecule has 0 heterocycles. The number of ketones is 1. The number of nitrogens with one attached hydrogen (secondary N) is 2. The first-order valence-corrected chi connectivity index (χ1v) is 16.0. The molecular formula is C38H40FN3O7. The van der Waals surface area contributed by atoms with Gasteiger partial charge >= 0.3 is 5.97 Å². The summed E-state index contributed by atoms with van der Waals surface area (Å²) in [5.41, 5.74) is 8.24. The molecule has 0 aromatic heterocycles. The molecule has 10 nitrogen and oxygen atoms in total. The van der Waals surface area contributed by atoms with Crippen LogP contribution in [0.4, 0.5) is 10.1 Å². The van der Waals surface area contributed by atoms with E-state index in [0.717, 1.165) is 12.8 Å². The van der Waals surface area contributed by atoms with E-state index in [9.17, 15) is 19.2 Å². The van der Waals surface area contributed by atoms with Gasteiger partial charge < -0.3 is 30.6 Å². The van der Waals surface area contributed by atoms with Crippen LogP contribution in [0.2, 0.25) is 0 Å². The highest BCUT2D eigenvalue weighted by molar-refractivity contribution is 6.09. The third-order valence-corrected chi connectivity index (χ3v) is 7.51. The number of nitrogens with two attached hydrogens (primary N) is 1. The molecule has 256 valence electrons. The quantitative estimate of drug-likeness (QED) is 0.0744. The van der Waals surface area contributed by atoms with Gasteiger partial charge in [0.2, 0.25) is 0 Å². The Morgan fingerprint density at radius 2 is 1.39 bits per heavy atom. The fourth-order valence-electron chi connectivity index (χ4n) is 4.68. The molecule has 0 bridgehead atoms. The SMILES string of the molecule is CCCCOC(=O)C(C)c1ccc(-c2ccc(NC(=O)COc3ccc(C(=O)c4ccc(OCC(=O)NCCN)cc4)cc3)cc2)c(F)c1. The molecular weight excluding hydrogens is 629 g/mol. The standard InChI is InChI=1S/C38H40FN3O7/c1-3-4-21-47-38(46)25(2)29-11-18-33(34(39)22-29)26-5-12-30(13-6-26)42-36(44)24-49-32-16-9-28(10-17-32)37(45)27-7-14-31(15-8-27)48-23-35(43)41-20-19-40/h5-18,22,25H,3-4,19-21,23-24,40H2,1-2H3,(H,41,43)(H,42,44). The molecule has 0 radical (unpaired) electrons. The first kappa shape index (κ1) is 36.3. The molecule has 4 aromatic rings. The smallest absolute Gasteiger partial charge is 0.313 e. The Kier molecular flexibility index (Phi) is 13.4. The summed E-state index contributed by atoms with van der Waals surface area (Å²) < 4.78 is 31.3. The summed E-state index contributed by atoms with van der Waals surface area (Å²) in [6, 6.07) is 24.2. The largest absolute Gasteiger partial charge is 0.484 e. The van der Waals surface area contributed by atoms with E-state index in [1.54, 1.807) is 91.9 Å². The summed E-state index contributed by atoms with van der Waals surface area (Å²) in [7, 11) is 0. The van der Waals surface area contributed by atoms with Gasteiger partial charge in [-0.3, -0.25) is 19.2 Å². The lowest BCUT2D eigenvalue weighted by Crippen LogP contribution is -2.32. The highest BCUT2D eigenvalue weighted by Gasteiger charge is 2.19. The zero-order chi connectivity index (χ0) is 35.2. The molecule has 1 unspecified atom stereocenters. The van der Waals surface area contributed by atoms with E-state index >= 15 is 4.39 Å². The number of esters is 1. The second-order valence-electron chi connectivity index (χ2n) is 11.2. The van der Waals surface area contributed by atoms with Crippen LogP contribution in [0.1, 0.15) is 54.1 Å². The van der Waals surface area contributed by atoms with Crippen molar-refractivity contribution in [1.29, 1.82) is 0 Å². The maximum atomic E-state index is 15.0. The number of unbranched alkanes of at least 4 members (excludes halogenated alkanes) is 1. The molecule has 0 fully saturated rings. The Balaban J connectivity index is 1.24. The van der Waals surface area contributed by atoms with E-state index in [1.165, 1.54) is 6.07 Å². The van der Waals surface area contributed by atoms with Crippen LogP contribution in [-0.4, -0.2) is 56.5 Å². The van der Waals surface area contributed by atoms with Crippen molar-refractivity contribution in [3.63, 3.8) is 0 Å². The zero-order valence-electron chi connectivity index (χ0n) is 27.5. The van der Waals surface area contributed by atoms with Gasteiger partial charge in [0.25, 0.3) is 11.8 Å². The van der Waals surface area contributed by atoms with Crippen LogP contribution >= 0.6 is 0 Å². The third kappa shape index (κ3) is 10.7. The van der Waals surface area contributed by atoms with Crippen LogP contribution in [0.3, 0.4) is 0 Å². The molecule has 0 aliphatic heterocycles. The number of rotatable bonds is 17. The van der Waals surface area contributed by atoms with Gasteiger partial charge in [0.15, 0.2) is 19.0 Å². The molecule has 1 atom stereocenters. The predicted molar refractivity (Wildman–Crippen MR) is 184 cm³/mol. The van der Waals surface area contributed by atoms with Crippen molar-refractivity contribution in [2.45, 2.75) is 32.6 Å². The van der Waals surface area contributed by atoms with Crippen molar-refractivity contribution >= 4 is 29.3 Å². The molecule has 0 saturated heterocycles. The fraction of sp³-hybridized carbons (Fsp3) is 0.263. The highest BCUT2D eigenvalue weighted by atomic mass is 19.1. The van der Waals surface area contributed by atoms with Crippen LogP contribution in [0.25, 0.3) is 11.1 Å². The maximum absolute atomic E-state index is 15.0. The Bertz CT molecular complexity index is 1730. The summed E-state index contributed by atoms with van der Waals surface area (Å²) in [5, 5.41) is 5.35. The van der Waals surface area contributed by atoms with E-state index in [0.29, 0.717) is 64.7 Å². The van der Waals surface area contributed by atoms with Crippen molar-refractivity contribution in [3.8, 4) is 22.6 Å². The average Bonchev–Trinajstić information content (AvgIpc) is 3.12. The van der Waals surface area contributed by atoms with Crippen LogP contribution in [-0.2, 0) is 19.1 Å². The van der Waals surface area contributed by atoms with Crippen molar-refractivity contribution in [2.75, 3.05) is 38.2 Å². The minimum atomic E-state index is -0.583. The van der Waals surface area contributed by atoms with Crippen molar-refractivity contribution < 1.29 is 37.8 Å². The summed E-state index contributed by atoms with van der Waals surface area (Å²) in [5.74, 6) is -1.48. The number of carbonyl (C=O) groups excluding carboxylic acids is 4. The minimum absolute atomic E-state index is 0.156. The lowest BCUT2D eigenvalue weighted by atomic mass is 9.97. The Morgan fingerprint density at radius 3 is 1.94 bits per heavy atom. The second kappa shape index (κ2) is 18.1. The van der Waals surface area contributed by atoms with Crippen molar-refractivity contribution in [1.82, 2.24) is 5.32 Å². The van der Waals surface area contributed by atoms with E-state index in [4.69, 9.17) is 19.9 Å². The summed E-state index contributed by atoms with van der Waals surface area (Å²) in [6.45, 7) is 4.33. The molecule has 0 aliphatic carbocycles. The van der Waals surface area contributed by atoms with Gasteiger partial charge in [-0.15, -0.1) is 0 Å². The van der Waals surface area contributed by atoms with Gasteiger partial charge in [0, 0.05) is 35.5 Å². The highest BCUT2D eigenvalue weighted by Crippen LogP contribution is 2.28. The van der Waals surface area contributed by atoms with E-state index < -0.39 is 17.6 Å². The van der Waals surface area contributed by atoms with Crippen LogP contribution < -0.4 is 25.8 Å². The van der Waals surface area contributed by atoms with Crippen molar-refractivity contribution in [3.05, 3.63) is 114 Å². The Morgan fingerprint density at radius 1 is 0.796 bits per heavy atom. The van der Waals surface area contributed by atoms with Crippen LogP contribution in [0.15, 0.2) is 91.0 Å². The summed E-state index contributed by atoms with van der Waals surface area (Å²) in [4.78, 5) is 49.4. The molecule has 0 spiro atoms. The first-order valence-electron chi connectivity index (χ1n) is 16.0. The van der Waals surface area contributed by atoms with Gasteiger partial charge in [-0.05, 0) is 91.2 Å². The number of halogens is 1. The molecule has 11 heteroatoms. The third-order valence-electron chi connectivity index (χ3n) is 7.51. The van der Waals surface area contributed by atoms with Crippen molar-refractivity contribution in [2.24, 2.45) is 5.73 Å². The number of ether oxygens (including phenoxy) is 3. The predicted octanol–water partition coefficient (Wildman–Crippen LogP) is 5.64. The van der Waals surface area contributed by atoms with E-state index in [1.807, 2.05) is 6.92 Å². The molecule has 4 N–H and O–H groups in total. The topological polar surface area (TPSA) is 146 Å². The van der Waals surface area contributed by atoms with Crippen LogP contribution in [0, 0.1) is 5.82 Å². The molecule has 4 rings (SSSR count). The second-order valence-corrected chi connectivity index (χ2v) is 11.2. The van der Waals surface area contributed by atoms with E-state index in [-0.39, 0.29) is 30.9 Å². The Hall–Kier alpha value is -5.55. The van der Waals surface area contributed by atoms with Crippen LogP contribution in [0.5, 0.6) is 11.5 Å². The molecule has 0 aliphatic rings. The summed E-state index contributed by atoms with van der Waals surface area (Å²) >= 11 is 0. The molecule has 49 heavy (non-hydrogen) atoms. The lowest BCUT2D eigenvalue weighted by Gasteiger charge is -2.13. The number of hydrogen-bond acceptors (Lipinski definition) is 8. The van der Waals surface area contributed by atoms with Gasteiger partial charge in [-0.25, -0.2) is 4.39 Å². The number of benzene rings is 4. The number of amides is 2. The number of hydrogen-bond donors (Lipinski definition) is 3. The monoisotopic (exact) mass is 669 g/mol. The summed E-state index contributed by atoms with van der Waals surface area (Å²) in [6.07, 6.45) is 1.70. The number of anilines is 1. The Labute approximate surface area is 284 Å². The normalized spacial score (nSPS) is 11.3. The number of carbonyl (C=O) groups is 4. The first-order chi connectivity index (χ1) is 23.7. The fourth-order valence-corrected chi connectivity index (χ4v) is 4.68. The molecule has 0 saturated carbocycles. The maximum Gasteiger partial charge on any atom is 0.313 e. The van der Waals surface area contributed by atoms with E-state index in [2.05, 4.69) is 10.6 Å². The average molecular weight is 670 g/mol. The van der Waals surface area contributed by atoms with Gasteiger partial charge in [0.05, 0.1) is 12.5 Å². The zero-order valence-corrected chi connectivity index (χ0v) is 27.5.